The second-order valence-electron chi connectivity index (χ2n) is 8.51. The van der Waals surface area contributed by atoms with Crippen LogP contribution in [0.25, 0.3) is 6.08 Å². The number of hydrogen-bond acceptors (Lipinski definition) is 9. The van der Waals surface area contributed by atoms with E-state index in [2.05, 4.69) is 4.99 Å². The van der Waals surface area contributed by atoms with Crippen LogP contribution in [0.3, 0.4) is 0 Å². The molecule has 2 heterocycles. The lowest BCUT2D eigenvalue weighted by atomic mass is 9.97. The maximum atomic E-state index is 13.8. The van der Waals surface area contributed by atoms with E-state index in [9.17, 15) is 9.59 Å². The topological polar surface area (TPSA) is 97.6 Å². The van der Waals surface area contributed by atoms with Crippen LogP contribution in [0, 0.1) is 0 Å². The number of carbonyl (C=O) groups is 1. The molecule has 1 atom stereocenters. The van der Waals surface area contributed by atoms with Gasteiger partial charge in [0.25, 0.3) is 5.56 Å². The van der Waals surface area contributed by atoms with Crippen molar-refractivity contribution in [3.8, 4) is 23.0 Å². The Bertz CT molecular complexity index is 1550. The maximum absolute atomic E-state index is 13.8. The number of nitrogens with zero attached hydrogens (tertiary/aromatic N) is 2. The van der Waals surface area contributed by atoms with Gasteiger partial charge in [0.1, 0.15) is 0 Å². The summed E-state index contributed by atoms with van der Waals surface area (Å²) in [5.41, 5.74) is 1.39. The number of esters is 1. The minimum atomic E-state index is -0.759. The third-order valence-corrected chi connectivity index (χ3v) is 6.95. The highest BCUT2D eigenvalue weighted by atomic mass is 32.1. The minimum absolute atomic E-state index is 0.238. The standard InChI is InChI=1S/C29H32N2O7S/c1-6-13-38-21-11-9-18(14-23(21)34-4)15-25-27(32)31-26(20(28(33)35-5)17-30-29(31)39-25)19-10-12-22(36-7-2)24(16-19)37-8-3/h9-12,14-17,26H,6-8,13H2,1-5H3/b25-15-/t26-/m0/s1. The third kappa shape index (κ3) is 5.85. The molecule has 0 saturated carbocycles. The monoisotopic (exact) mass is 552 g/mol. The van der Waals surface area contributed by atoms with Gasteiger partial charge in [0.05, 0.1) is 50.2 Å². The first kappa shape index (κ1) is 28.0. The smallest absolute Gasteiger partial charge is 0.337 e. The highest BCUT2D eigenvalue weighted by Gasteiger charge is 2.31. The van der Waals surface area contributed by atoms with Crippen molar-refractivity contribution in [2.75, 3.05) is 34.0 Å². The van der Waals surface area contributed by atoms with E-state index in [0.29, 0.717) is 57.7 Å². The summed E-state index contributed by atoms with van der Waals surface area (Å²) >= 11 is 1.24. The molecule has 39 heavy (non-hydrogen) atoms. The van der Waals surface area contributed by atoms with Gasteiger partial charge in [-0.05, 0) is 61.7 Å². The van der Waals surface area contributed by atoms with Crippen LogP contribution in [0.15, 0.2) is 58.0 Å². The van der Waals surface area contributed by atoms with Gasteiger partial charge in [-0.1, -0.05) is 30.4 Å². The molecule has 0 saturated heterocycles. The van der Waals surface area contributed by atoms with E-state index in [1.807, 2.05) is 45.0 Å². The van der Waals surface area contributed by atoms with Crippen molar-refractivity contribution in [1.82, 2.24) is 4.57 Å². The first-order valence-electron chi connectivity index (χ1n) is 12.7. The quantitative estimate of drug-likeness (QED) is 0.335. The van der Waals surface area contributed by atoms with Crippen molar-refractivity contribution in [2.24, 2.45) is 4.99 Å². The SMILES string of the molecule is CCCOc1ccc(/C=c2\sc3n(c2=O)[C@@H](c2ccc(OCC)c(OCC)c2)C(C(=O)OC)=CN=3)cc1OC. The highest BCUT2D eigenvalue weighted by molar-refractivity contribution is 7.07. The molecule has 0 aliphatic carbocycles. The van der Waals surface area contributed by atoms with Gasteiger partial charge in [0.2, 0.25) is 0 Å². The molecule has 9 nitrogen and oxygen atoms in total. The normalized spacial score (nSPS) is 14.6. The van der Waals surface area contributed by atoms with Crippen LogP contribution in [0.4, 0.5) is 0 Å². The molecule has 10 heteroatoms. The lowest BCUT2D eigenvalue weighted by molar-refractivity contribution is -0.136. The molecule has 2 aromatic carbocycles. The summed E-state index contributed by atoms with van der Waals surface area (Å²) in [5.74, 6) is 1.75. The van der Waals surface area contributed by atoms with Crippen LogP contribution in [-0.2, 0) is 9.53 Å². The number of methoxy groups -OCH3 is 2. The average molecular weight is 553 g/mol. The summed E-state index contributed by atoms with van der Waals surface area (Å²) in [5, 5.41) is 0. The maximum Gasteiger partial charge on any atom is 0.337 e. The summed E-state index contributed by atoms with van der Waals surface area (Å²) < 4.78 is 29.8. The molecular formula is C29H32N2O7S. The van der Waals surface area contributed by atoms with E-state index < -0.39 is 12.0 Å². The van der Waals surface area contributed by atoms with Crippen molar-refractivity contribution in [2.45, 2.75) is 33.2 Å². The lowest BCUT2D eigenvalue weighted by Crippen LogP contribution is -2.39. The number of benzene rings is 2. The van der Waals surface area contributed by atoms with Crippen molar-refractivity contribution in [1.29, 1.82) is 0 Å². The summed E-state index contributed by atoms with van der Waals surface area (Å²) in [4.78, 5) is 31.5. The largest absolute Gasteiger partial charge is 0.493 e. The first-order chi connectivity index (χ1) is 18.9. The first-order valence-corrected chi connectivity index (χ1v) is 13.6. The third-order valence-electron chi connectivity index (χ3n) is 5.96. The minimum Gasteiger partial charge on any atom is -0.493 e. The molecule has 0 unspecified atom stereocenters. The number of rotatable bonds is 11. The van der Waals surface area contributed by atoms with Crippen LogP contribution >= 0.6 is 11.3 Å². The average Bonchev–Trinajstić information content (AvgIpc) is 3.27. The Morgan fingerprint density at radius 3 is 2.38 bits per heavy atom. The molecule has 0 radical (unpaired) electrons. The van der Waals surface area contributed by atoms with Gasteiger partial charge in [-0.15, -0.1) is 0 Å². The van der Waals surface area contributed by atoms with Gasteiger partial charge >= 0.3 is 5.97 Å². The Hall–Kier alpha value is -4.05. The predicted molar refractivity (Wildman–Crippen MR) is 149 cm³/mol. The predicted octanol–water partition coefficient (Wildman–Crippen LogP) is 3.61. The van der Waals surface area contributed by atoms with Crippen LogP contribution in [0.5, 0.6) is 23.0 Å². The Morgan fingerprint density at radius 2 is 1.69 bits per heavy atom. The van der Waals surface area contributed by atoms with Crippen LogP contribution in [0.2, 0.25) is 0 Å². The zero-order valence-corrected chi connectivity index (χ0v) is 23.5. The van der Waals surface area contributed by atoms with Gasteiger partial charge in [-0.2, -0.15) is 0 Å². The number of fused-ring (bicyclic) bond motifs is 1. The molecule has 206 valence electrons. The molecule has 0 amide bonds. The van der Waals surface area contributed by atoms with Gasteiger partial charge in [0, 0.05) is 6.20 Å². The number of hydrogen-bond donors (Lipinski definition) is 0. The fourth-order valence-electron chi connectivity index (χ4n) is 4.24. The number of thiazole rings is 1. The summed E-state index contributed by atoms with van der Waals surface area (Å²) in [7, 11) is 2.88. The fourth-order valence-corrected chi connectivity index (χ4v) is 5.21. The molecule has 1 aromatic heterocycles. The van der Waals surface area contributed by atoms with Gasteiger partial charge in [0.15, 0.2) is 27.8 Å². The van der Waals surface area contributed by atoms with E-state index in [1.54, 1.807) is 25.3 Å². The molecule has 4 rings (SSSR count). The molecule has 0 bridgehead atoms. The zero-order valence-electron chi connectivity index (χ0n) is 22.7. The van der Waals surface area contributed by atoms with E-state index in [0.717, 1.165) is 12.0 Å². The van der Waals surface area contributed by atoms with Gasteiger partial charge < -0.3 is 23.7 Å². The Kier molecular flexibility index (Phi) is 9.08. The summed E-state index contributed by atoms with van der Waals surface area (Å²) in [6, 6.07) is 10.1. The highest BCUT2D eigenvalue weighted by Crippen LogP contribution is 2.35. The summed E-state index contributed by atoms with van der Waals surface area (Å²) in [6.07, 6.45) is 4.12. The molecule has 0 fully saturated rings. The van der Waals surface area contributed by atoms with E-state index in [1.165, 1.54) is 29.2 Å². The van der Waals surface area contributed by atoms with Crippen molar-refractivity contribution < 1.29 is 28.5 Å². The Morgan fingerprint density at radius 1 is 0.974 bits per heavy atom. The van der Waals surface area contributed by atoms with E-state index in [4.69, 9.17) is 23.7 Å². The van der Waals surface area contributed by atoms with Crippen LogP contribution in [0.1, 0.15) is 44.4 Å². The number of aromatic nitrogens is 1. The van der Waals surface area contributed by atoms with Crippen LogP contribution in [-0.4, -0.2) is 44.6 Å². The van der Waals surface area contributed by atoms with Crippen molar-refractivity contribution >= 4 is 23.4 Å². The summed E-state index contributed by atoms with van der Waals surface area (Å²) in [6.45, 7) is 7.28. The Labute approximate surface area is 230 Å². The van der Waals surface area contributed by atoms with Crippen molar-refractivity contribution in [3.63, 3.8) is 0 Å². The fraction of sp³-hybridized carbons (Fsp3) is 0.345. The molecule has 1 aliphatic rings. The molecule has 1 aliphatic heterocycles. The van der Waals surface area contributed by atoms with Crippen LogP contribution < -0.4 is 33.8 Å². The van der Waals surface area contributed by atoms with E-state index in [-0.39, 0.29) is 11.1 Å². The Balaban J connectivity index is 1.84. The number of ether oxygens (including phenoxy) is 5. The van der Waals surface area contributed by atoms with Gasteiger partial charge in [-0.25, -0.2) is 9.79 Å². The zero-order chi connectivity index (χ0) is 27.9. The van der Waals surface area contributed by atoms with Gasteiger partial charge in [-0.3, -0.25) is 9.36 Å². The second-order valence-corrected chi connectivity index (χ2v) is 9.52. The van der Waals surface area contributed by atoms with Crippen molar-refractivity contribution in [3.05, 3.63) is 79.0 Å². The molecule has 3 aromatic rings. The van der Waals surface area contributed by atoms with E-state index >= 15 is 0 Å². The molecule has 0 spiro atoms. The molecular weight excluding hydrogens is 520 g/mol. The second kappa shape index (κ2) is 12.7. The lowest BCUT2D eigenvalue weighted by Gasteiger charge is -2.23. The number of carbonyl (C=O) groups excluding carboxylic acids is 1. The molecule has 0 N–H and O–H groups in total.